The van der Waals surface area contributed by atoms with Gasteiger partial charge in [-0.15, -0.1) is 0 Å². The molecule has 0 aromatic heterocycles. The highest BCUT2D eigenvalue weighted by Gasteiger charge is 2.33. The number of aliphatic hydroxyl groups is 2. The number of halogens is 2. The number of hydrogen-bond donors (Lipinski definition) is 7. The van der Waals surface area contributed by atoms with E-state index >= 15 is 0 Å². The zero-order valence-electron chi connectivity index (χ0n) is 49.7. The van der Waals surface area contributed by atoms with E-state index in [0.717, 1.165) is 123 Å². The molecule has 15 nitrogen and oxygen atoms in total. The Balaban J connectivity index is 0.00000126. The van der Waals surface area contributed by atoms with E-state index < -0.39 is 10.1 Å². The Bertz CT molecular complexity index is 2360. The van der Waals surface area contributed by atoms with Crippen molar-refractivity contribution in [3.05, 3.63) is 94.1 Å². The van der Waals surface area contributed by atoms with Crippen molar-refractivity contribution in [3.8, 4) is 23.0 Å². The predicted octanol–water partition coefficient (Wildman–Crippen LogP) is 11.9. The summed E-state index contributed by atoms with van der Waals surface area (Å²) in [7, 11) is 5.87. The Kier molecular flexibility index (Phi) is 39.1. The van der Waals surface area contributed by atoms with Gasteiger partial charge in [0, 0.05) is 71.8 Å². The highest BCUT2D eigenvalue weighted by molar-refractivity contribution is 7.85. The number of amidine groups is 2. The number of nitrogens with one attached hydrogen (secondary N) is 2. The molecule has 0 saturated carbocycles. The normalized spacial score (nSPS) is 17.2. The monoisotopic (exact) mass is 1150 g/mol. The highest BCUT2D eigenvalue weighted by Crippen LogP contribution is 2.48. The van der Waals surface area contributed by atoms with Crippen molar-refractivity contribution in [3.63, 3.8) is 0 Å². The lowest BCUT2D eigenvalue weighted by Gasteiger charge is -2.32. The number of aliphatic hydroxyl groups excluding tert-OH is 2. The molecule has 2 radical (unpaired) electrons. The summed E-state index contributed by atoms with van der Waals surface area (Å²) in [6, 6.07) is 8.52. The number of hydrogen-bond acceptors (Lipinski definition) is 13. The number of benzene rings is 2. The van der Waals surface area contributed by atoms with E-state index in [1.807, 2.05) is 25.1 Å². The van der Waals surface area contributed by atoms with Crippen molar-refractivity contribution in [1.29, 1.82) is 0 Å². The fourth-order valence-corrected chi connectivity index (χ4v) is 9.23. The van der Waals surface area contributed by atoms with E-state index in [4.69, 9.17) is 54.2 Å². The van der Waals surface area contributed by atoms with Crippen LogP contribution in [0.2, 0.25) is 6.80 Å². The average molecular weight is 1150 g/mol. The molecule has 0 unspecified atom stereocenters. The van der Waals surface area contributed by atoms with E-state index in [1.165, 1.54) is 18.2 Å². The first kappa shape index (κ1) is 71.7. The lowest BCUT2D eigenvalue weighted by atomic mass is 9.73. The van der Waals surface area contributed by atoms with Crippen LogP contribution in [0, 0.1) is 11.8 Å². The molecule has 2 aromatic rings. The largest absolute Gasteiger partial charge is 0.507 e. The van der Waals surface area contributed by atoms with Gasteiger partial charge in [-0.05, 0) is 175 Å². The van der Waals surface area contributed by atoms with Crippen LogP contribution in [0.4, 0.5) is 0 Å². The van der Waals surface area contributed by atoms with Crippen LogP contribution in [0.15, 0.2) is 86.8 Å². The molecule has 2 aliphatic carbocycles. The maximum atomic E-state index is 11.2. The van der Waals surface area contributed by atoms with Crippen molar-refractivity contribution in [2.45, 2.75) is 156 Å². The summed E-state index contributed by atoms with van der Waals surface area (Å²) in [6.45, 7) is 23.2. The molecule has 2 aliphatic rings. The number of unbranched alkanes of at least 4 members (excludes halogenated alkanes) is 4. The molecule has 4 atom stereocenters. The second-order valence-corrected chi connectivity index (χ2v) is 22.0. The summed E-state index contributed by atoms with van der Waals surface area (Å²) in [5.41, 5.74) is 13.4. The van der Waals surface area contributed by atoms with Crippen molar-refractivity contribution in [2.24, 2.45) is 32.5 Å². The van der Waals surface area contributed by atoms with Crippen LogP contribution in [-0.4, -0.2) is 120 Å². The minimum atomic E-state index is -3.46. The maximum absolute atomic E-state index is 11.2. The Morgan fingerprint density at radius 2 is 1.14 bits per heavy atom. The Hall–Kier alpha value is -4.36. The van der Waals surface area contributed by atoms with E-state index in [0.29, 0.717) is 56.0 Å². The number of nitrogens with zero attached hydrogens (tertiary/aromatic N) is 3. The fraction of sp³-hybridized carbons (Fsp3) is 0.610. The van der Waals surface area contributed by atoms with Gasteiger partial charge < -0.3 is 46.3 Å². The zero-order chi connectivity index (χ0) is 59.9. The molecule has 0 bridgehead atoms. The maximum Gasteiger partial charge on any atom is 0.289 e. The second kappa shape index (κ2) is 42.5. The number of aliphatic imine (C=N–C) groups is 3. The predicted molar refractivity (Wildman–Crippen MR) is 329 cm³/mol. The molecule has 0 amide bonds. The van der Waals surface area contributed by atoms with Gasteiger partial charge in [-0.3, -0.25) is 9.18 Å². The van der Waals surface area contributed by atoms with Crippen LogP contribution in [-0.2, 0) is 27.1 Å². The molecule has 8 N–H and O–H groups in total. The molecule has 0 heterocycles. The van der Waals surface area contributed by atoms with Crippen LogP contribution in [0.25, 0.3) is 0 Å². The smallest absolute Gasteiger partial charge is 0.289 e. The topological polar surface area (TPSA) is 230 Å². The van der Waals surface area contributed by atoms with Gasteiger partial charge in [-0.2, -0.15) is 8.42 Å². The molecular formula is C59H97BCl2N6O9S. The Morgan fingerprint density at radius 1 is 0.744 bits per heavy atom. The quantitative estimate of drug-likeness (QED) is 0.0130. The average Bonchev–Trinajstić information content (AvgIpc) is 3.38. The molecular weight excluding hydrogens is 1050 g/mol. The van der Waals surface area contributed by atoms with Crippen molar-refractivity contribution >= 4 is 57.8 Å². The Labute approximate surface area is 483 Å². The van der Waals surface area contributed by atoms with Crippen LogP contribution in [0.1, 0.15) is 160 Å². The standard InChI is InChI=1S/C27H42N2O5S.C26H40N2O3.C3H9NO.C2H3Cl2N.CH3B/c1-7-8-9-11-21-17-24(30)26(23-16-20(4)12-13-22(23)19(2)3)25(18-21)34-27(28-5)29-14-10-15-33-35(6,31)32;1-6-7-8-10-20-16-23(30)25(22-15-19(4)11-12-21(22)18(2)3)24(17-20)31-26(27-5)28-13-9-14-29;4-2-1-3-5;1-5-2(3)4;1-2/h16-18,22-23,30H,2,7-15H2,1,3-6H3,(H,28,29);15-17,21-22,29-30H,2,6-14H2,1,3-5H3,(H,27,28);5H,1-4H2;1H3;1H3/t22-,23+;21-,22+;;;/m00.../s1/i;;;;1D. The van der Waals surface area contributed by atoms with Crippen molar-refractivity contribution in [1.82, 2.24) is 10.6 Å². The summed E-state index contributed by atoms with van der Waals surface area (Å²) in [5, 5.41) is 45.6. The summed E-state index contributed by atoms with van der Waals surface area (Å²) in [5.74, 6) is 2.17. The van der Waals surface area contributed by atoms with Crippen molar-refractivity contribution in [2.75, 3.05) is 66.9 Å². The van der Waals surface area contributed by atoms with E-state index in [-0.39, 0.29) is 66.4 Å². The van der Waals surface area contributed by atoms with Gasteiger partial charge in [0.1, 0.15) is 23.0 Å². The van der Waals surface area contributed by atoms with Gasteiger partial charge in [-0.1, -0.05) is 93.9 Å². The number of phenols is 2. The second-order valence-electron chi connectivity index (χ2n) is 19.4. The summed E-state index contributed by atoms with van der Waals surface area (Å²) < 4.78 is 45.6. The number of aryl methyl sites for hydroxylation is 2. The number of phenolic OH excluding ortho intramolecular Hbond substituents is 2. The SMILES string of the molecule is C=C(C)[C@@H]1CCC(C)=C[C@H]1c1c(O)cc(CCCCC)cc1OC(=NC)NCCCO.C=C(C)[C@@H]1CCC(C)=C[C@H]1c1c(O)cc(CCCCC)cc1OC(=NC)NCCCOS(C)(=O)=O.CN=C(Cl)Cl.NCCCO.[2H]C[B]. The van der Waals surface area contributed by atoms with Gasteiger partial charge in [0.25, 0.3) is 22.2 Å². The molecule has 0 aliphatic heterocycles. The number of nitrogens with two attached hydrogens (primary N) is 1. The van der Waals surface area contributed by atoms with Crippen LogP contribution < -0.4 is 25.8 Å². The van der Waals surface area contributed by atoms with Gasteiger partial charge in [0.15, 0.2) is 4.63 Å². The molecule has 0 spiro atoms. The first-order valence-electron chi connectivity index (χ1n) is 27.9. The molecule has 0 fully saturated rings. The minimum Gasteiger partial charge on any atom is -0.507 e. The lowest BCUT2D eigenvalue weighted by molar-refractivity contribution is 0.288. The van der Waals surface area contributed by atoms with Crippen LogP contribution in [0.3, 0.4) is 0 Å². The molecule has 2 aromatic carbocycles. The first-order valence-corrected chi connectivity index (χ1v) is 29.8. The third-order valence-corrected chi connectivity index (χ3v) is 13.7. The zero-order valence-corrected chi connectivity index (χ0v) is 51.1. The minimum absolute atomic E-state index is 0. The van der Waals surface area contributed by atoms with Crippen LogP contribution >= 0.6 is 23.2 Å². The third kappa shape index (κ3) is 29.7. The molecule has 440 valence electrons. The number of rotatable bonds is 24. The lowest BCUT2D eigenvalue weighted by Crippen LogP contribution is -2.31. The van der Waals surface area contributed by atoms with Gasteiger partial charge in [-0.25, -0.2) is 9.98 Å². The molecule has 0 saturated heterocycles. The number of ether oxygens (including phenoxy) is 2. The highest BCUT2D eigenvalue weighted by atomic mass is 35.5. The van der Waals surface area contributed by atoms with Gasteiger partial charge >= 0.3 is 0 Å². The first-order chi connectivity index (χ1) is 37.6. The van der Waals surface area contributed by atoms with Gasteiger partial charge in [0.05, 0.1) is 20.7 Å². The summed E-state index contributed by atoms with van der Waals surface area (Å²) in [4.78, 5) is 11.8. The molecule has 19 heteroatoms. The van der Waals surface area contributed by atoms with E-state index in [2.05, 4.69) is 99.5 Å². The Morgan fingerprint density at radius 3 is 1.45 bits per heavy atom. The van der Waals surface area contributed by atoms with Crippen molar-refractivity contribution < 1.29 is 43.9 Å². The summed E-state index contributed by atoms with van der Waals surface area (Å²) >= 11 is 9.96. The molecule has 4 rings (SSSR count). The summed E-state index contributed by atoms with van der Waals surface area (Å²) in [6.07, 6.45) is 19.8. The molecule has 78 heavy (non-hydrogen) atoms. The number of aromatic hydroxyl groups is 2. The van der Waals surface area contributed by atoms with Gasteiger partial charge in [0.2, 0.25) is 0 Å². The number of allylic oxidation sites excluding steroid dienone is 6. The van der Waals surface area contributed by atoms with Crippen LogP contribution in [0.5, 0.6) is 23.0 Å². The van der Waals surface area contributed by atoms with E-state index in [1.54, 1.807) is 14.1 Å². The van der Waals surface area contributed by atoms with E-state index in [9.17, 15) is 18.6 Å². The third-order valence-electron chi connectivity index (χ3n) is 12.8. The fourth-order valence-electron chi connectivity index (χ4n) is 8.81.